The van der Waals surface area contributed by atoms with Crippen LogP contribution in [0.2, 0.25) is 0 Å². The van der Waals surface area contributed by atoms with Gasteiger partial charge in [-0.15, -0.1) is 0 Å². The lowest BCUT2D eigenvalue weighted by molar-refractivity contribution is 0.0931. The van der Waals surface area contributed by atoms with Crippen LogP contribution >= 0.6 is 15.9 Å². The number of carbonyl (C=O) groups is 1. The van der Waals surface area contributed by atoms with Crippen LogP contribution in [0.1, 0.15) is 28.9 Å². The zero-order valence-corrected chi connectivity index (χ0v) is 12.6. The molecular weight excluding hydrogens is 344 g/mol. The first-order valence-electron chi connectivity index (χ1n) is 6.13. The maximum atomic E-state index is 13.7. The van der Waals surface area contributed by atoms with Gasteiger partial charge in [-0.05, 0) is 36.8 Å². The van der Waals surface area contributed by atoms with Gasteiger partial charge in [0.2, 0.25) is 0 Å². The largest absolute Gasteiger partial charge is 0.508 e. The number of aromatic hydroxyl groups is 1. The summed E-state index contributed by atoms with van der Waals surface area (Å²) < 4.78 is 27.6. The van der Waals surface area contributed by atoms with E-state index in [-0.39, 0.29) is 10.2 Å². The van der Waals surface area contributed by atoms with Gasteiger partial charge in [0.05, 0.1) is 6.04 Å². The van der Waals surface area contributed by atoms with E-state index < -0.39 is 29.1 Å². The molecule has 0 saturated carbocycles. The van der Waals surface area contributed by atoms with E-state index in [1.165, 1.54) is 12.1 Å². The number of carbonyl (C=O) groups excluding carboxylic acids is 1. The number of hydrogen-bond acceptors (Lipinski definition) is 2. The third-order valence-electron chi connectivity index (χ3n) is 2.95. The fourth-order valence-electron chi connectivity index (χ4n) is 1.91. The zero-order valence-electron chi connectivity index (χ0n) is 11.0. The minimum absolute atomic E-state index is 0.0506. The first-order valence-corrected chi connectivity index (χ1v) is 6.92. The van der Waals surface area contributed by atoms with Crippen molar-refractivity contribution in [3.05, 3.63) is 63.6 Å². The Labute approximate surface area is 128 Å². The van der Waals surface area contributed by atoms with Gasteiger partial charge in [-0.2, -0.15) is 0 Å². The number of hydrogen-bond donors (Lipinski definition) is 2. The van der Waals surface area contributed by atoms with Crippen molar-refractivity contribution in [1.29, 1.82) is 0 Å². The summed E-state index contributed by atoms with van der Waals surface area (Å²) >= 11 is 2.95. The molecule has 0 aromatic heterocycles. The molecule has 0 aliphatic carbocycles. The summed E-state index contributed by atoms with van der Waals surface area (Å²) in [6.45, 7) is 1.65. The van der Waals surface area contributed by atoms with Crippen molar-refractivity contribution in [2.45, 2.75) is 13.0 Å². The molecule has 0 fully saturated rings. The van der Waals surface area contributed by atoms with Crippen LogP contribution in [-0.2, 0) is 0 Å². The minimum Gasteiger partial charge on any atom is -0.508 e. The predicted octanol–water partition coefficient (Wildman–Crippen LogP) is 3.92. The second-order valence-electron chi connectivity index (χ2n) is 4.53. The Hall–Kier alpha value is -1.95. The molecule has 1 atom stereocenters. The summed E-state index contributed by atoms with van der Waals surface area (Å²) in [7, 11) is 0. The number of amides is 1. The second kappa shape index (κ2) is 6.22. The molecule has 2 aromatic carbocycles. The smallest absolute Gasteiger partial charge is 0.257 e. The Bertz CT molecular complexity index is 668. The van der Waals surface area contributed by atoms with Crippen molar-refractivity contribution >= 4 is 21.8 Å². The van der Waals surface area contributed by atoms with Crippen LogP contribution in [0.5, 0.6) is 5.75 Å². The highest BCUT2D eigenvalue weighted by atomic mass is 79.9. The molecule has 0 spiro atoms. The average Bonchev–Trinajstić information content (AvgIpc) is 2.37. The van der Waals surface area contributed by atoms with Crippen LogP contribution < -0.4 is 5.32 Å². The van der Waals surface area contributed by atoms with Crippen LogP contribution in [0.25, 0.3) is 0 Å². The van der Waals surface area contributed by atoms with Gasteiger partial charge in [-0.3, -0.25) is 4.79 Å². The number of phenols is 1. The molecule has 2 N–H and O–H groups in total. The third kappa shape index (κ3) is 3.58. The van der Waals surface area contributed by atoms with Crippen molar-refractivity contribution in [2.75, 3.05) is 0 Å². The lowest BCUT2D eigenvalue weighted by Gasteiger charge is -2.15. The van der Waals surface area contributed by atoms with Gasteiger partial charge in [-0.25, -0.2) is 8.78 Å². The Balaban J connectivity index is 2.22. The Kier molecular flexibility index (Phi) is 4.57. The van der Waals surface area contributed by atoms with Crippen molar-refractivity contribution in [1.82, 2.24) is 5.32 Å². The van der Waals surface area contributed by atoms with E-state index in [2.05, 4.69) is 21.2 Å². The van der Waals surface area contributed by atoms with E-state index in [0.29, 0.717) is 5.56 Å². The van der Waals surface area contributed by atoms with Gasteiger partial charge >= 0.3 is 0 Å². The average molecular weight is 356 g/mol. The fraction of sp³-hybridized carbons (Fsp3) is 0.133. The van der Waals surface area contributed by atoms with Crippen molar-refractivity contribution < 1.29 is 18.7 Å². The Morgan fingerprint density at radius 2 is 1.86 bits per heavy atom. The molecule has 0 aliphatic rings. The van der Waals surface area contributed by atoms with Crippen molar-refractivity contribution in [3.8, 4) is 5.75 Å². The summed E-state index contributed by atoms with van der Waals surface area (Å²) in [6.07, 6.45) is 0. The number of halogens is 3. The van der Waals surface area contributed by atoms with Crippen molar-refractivity contribution in [3.63, 3.8) is 0 Å². The highest BCUT2D eigenvalue weighted by molar-refractivity contribution is 9.10. The number of rotatable bonds is 3. The minimum atomic E-state index is -0.942. The molecule has 0 heterocycles. The van der Waals surface area contributed by atoms with E-state index in [1.807, 2.05) is 0 Å². The monoisotopic (exact) mass is 355 g/mol. The molecule has 3 nitrogen and oxygen atoms in total. The van der Waals surface area contributed by atoms with Crippen LogP contribution in [0, 0.1) is 11.6 Å². The first-order chi connectivity index (χ1) is 9.88. The van der Waals surface area contributed by atoms with E-state index >= 15 is 0 Å². The molecule has 1 amide bonds. The van der Waals surface area contributed by atoms with Gasteiger partial charge in [-0.1, -0.05) is 28.1 Å². The molecule has 2 aromatic rings. The molecule has 0 aliphatic heterocycles. The Morgan fingerprint density at radius 3 is 2.43 bits per heavy atom. The molecule has 0 radical (unpaired) electrons. The SMILES string of the molecule is CC(NC(=O)c1c(F)cc(Br)cc1F)c1cccc(O)c1. The van der Waals surface area contributed by atoms with E-state index in [1.54, 1.807) is 19.1 Å². The van der Waals surface area contributed by atoms with Gasteiger partial charge in [0.15, 0.2) is 0 Å². The van der Waals surface area contributed by atoms with Gasteiger partial charge in [0, 0.05) is 4.47 Å². The van der Waals surface area contributed by atoms with Gasteiger partial charge < -0.3 is 10.4 Å². The molecule has 0 saturated heterocycles. The van der Waals surface area contributed by atoms with Gasteiger partial charge in [0.25, 0.3) is 5.91 Å². The molecule has 21 heavy (non-hydrogen) atoms. The van der Waals surface area contributed by atoms with E-state index in [0.717, 1.165) is 12.1 Å². The molecule has 0 bridgehead atoms. The lowest BCUT2D eigenvalue weighted by atomic mass is 10.1. The van der Waals surface area contributed by atoms with Crippen LogP contribution in [0.4, 0.5) is 8.78 Å². The first kappa shape index (κ1) is 15.4. The highest BCUT2D eigenvalue weighted by Crippen LogP contribution is 2.22. The zero-order chi connectivity index (χ0) is 15.6. The quantitative estimate of drug-likeness (QED) is 0.876. The maximum absolute atomic E-state index is 13.7. The fourth-order valence-corrected chi connectivity index (χ4v) is 2.31. The van der Waals surface area contributed by atoms with Crippen LogP contribution in [0.15, 0.2) is 40.9 Å². The lowest BCUT2D eigenvalue weighted by Crippen LogP contribution is -2.28. The van der Waals surface area contributed by atoms with Crippen LogP contribution in [-0.4, -0.2) is 11.0 Å². The summed E-state index contributed by atoms with van der Waals surface area (Å²) in [5.41, 5.74) is -0.00789. The number of nitrogens with one attached hydrogen (secondary N) is 1. The summed E-state index contributed by atoms with van der Waals surface area (Å²) in [4.78, 5) is 12.0. The standard InChI is InChI=1S/C15H12BrF2NO2/c1-8(9-3-2-4-11(20)5-9)19-15(21)14-12(17)6-10(16)7-13(14)18/h2-8,20H,1H3,(H,19,21). The normalized spacial score (nSPS) is 12.0. The Morgan fingerprint density at radius 1 is 1.24 bits per heavy atom. The van der Waals surface area contributed by atoms with E-state index in [4.69, 9.17) is 0 Å². The highest BCUT2D eigenvalue weighted by Gasteiger charge is 2.20. The van der Waals surface area contributed by atoms with Crippen molar-refractivity contribution in [2.24, 2.45) is 0 Å². The van der Waals surface area contributed by atoms with E-state index in [9.17, 15) is 18.7 Å². The third-order valence-corrected chi connectivity index (χ3v) is 3.41. The number of benzene rings is 2. The maximum Gasteiger partial charge on any atom is 0.257 e. The molecule has 6 heteroatoms. The molecule has 1 unspecified atom stereocenters. The van der Waals surface area contributed by atoms with Crippen LogP contribution in [0.3, 0.4) is 0 Å². The second-order valence-corrected chi connectivity index (χ2v) is 5.45. The summed E-state index contributed by atoms with van der Waals surface area (Å²) in [5.74, 6) is -2.69. The number of phenolic OH excluding ortho intramolecular Hbond substituents is 1. The molecule has 2 rings (SSSR count). The summed E-state index contributed by atoms with van der Waals surface area (Å²) in [6, 6.07) is 7.82. The summed E-state index contributed by atoms with van der Waals surface area (Å²) in [5, 5.41) is 11.9. The molecular formula is C15H12BrF2NO2. The predicted molar refractivity (Wildman–Crippen MR) is 78.0 cm³/mol. The molecule has 110 valence electrons. The topological polar surface area (TPSA) is 49.3 Å². The van der Waals surface area contributed by atoms with Gasteiger partial charge in [0.1, 0.15) is 22.9 Å².